The molecule has 0 N–H and O–H groups in total. The molecule has 0 atom stereocenters. The topological polar surface area (TPSA) is 9.23 Å². The summed E-state index contributed by atoms with van der Waals surface area (Å²) in [7, 11) is 1.73. The van der Waals surface area contributed by atoms with E-state index in [4.69, 9.17) is 4.74 Å². The Hall–Kier alpha value is -1.93. The zero-order valence-electron chi connectivity index (χ0n) is 14.2. The average molecular weight is 324 g/mol. The average Bonchev–Trinajstić information content (AvgIpc) is 2.63. The third-order valence-corrected chi connectivity index (χ3v) is 5.00. The number of allylic oxidation sites excluding steroid dienone is 1. The van der Waals surface area contributed by atoms with Crippen LogP contribution in [0.25, 0.3) is 11.1 Å². The Kier molecular flexibility index (Phi) is 5.81. The van der Waals surface area contributed by atoms with Gasteiger partial charge in [-0.15, -0.1) is 0 Å². The summed E-state index contributed by atoms with van der Waals surface area (Å²) in [5, 5.41) is 0. The van der Waals surface area contributed by atoms with Crippen LogP contribution in [0.3, 0.4) is 0 Å². The van der Waals surface area contributed by atoms with Crippen molar-refractivity contribution in [2.24, 2.45) is 5.92 Å². The van der Waals surface area contributed by atoms with Gasteiger partial charge in [-0.1, -0.05) is 48.6 Å². The van der Waals surface area contributed by atoms with Crippen molar-refractivity contribution in [1.29, 1.82) is 0 Å². The standard InChI is InChI=1S/C22H25FO/c1-24-16-2-3-17-4-6-18(7-5-17)19-8-10-20(11-9-19)21-12-14-22(23)15-13-21/h2-3,8-15,17-18H,4-7,16H2,1H3/t17-,18-. The first-order valence-corrected chi connectivity index (χ1v) is 8.78. The number of halogens is 1. The molecular weight excluding hydrogens is 299 g/mol. The molecule has 0 bridgehead atoms. The van der Waals surface area contributed by atoms with Gasteiger partial charge in [0.25, 0.3) is 0 Å². The third kappa shape index (κ3) is 4.33. The van der Waals surface area contributed by atoms with Gasteiger partial charge in [0.05, 0.1) is 6.61 Å². The number of hydrogen-bond donors (Lipinski definition) is 0. The summed E-state index contributed by atoms with van der Waals surface area (Å²) in [5.41, 5.74) is 3.64. The quantitative estimate of drug-likeness (QED) is 0.616. The van der Waals surface area contributed by atoms with Crippen LogP contribution in [0, 0.1) is 11.7 Å². The Morgan fingerprint density at radius 3 is 2.08 bits per heavy atom. The van der Waals surface area contributed by atoms with Crippen molar-refractivity contribution in [3.63, 3.8) is 0 Å². The molecule has 0 saturated heterocycles. The SMILES string of the molecule is COCC=C[C@H]1CC[C@H](c2ccc(-c3ccc(F)cc3)cc2)CC1. The molecule has 2 aromatic rings. The molecule has 126 valence electrons. The summed E-state index contributed by atoms with van der Waals surface area (Å²) in [4.78, 5) is 0. The van der Waals surface area contributed by atoms with Crippen LogP contribution in [0.4, 0.5) is 4.39 Å². The maximum atomic E-state index is 13.0. The van der Waals surface area contributed by atoms with Crippen molar-refractivity contribution in [3.05, 3.63) is 72.1 Å². The molecule has 1 fully saturated rings. The van der Waals surface area contributed by atoms with Crippen LogP contribution in [-0.4, -0.2) is 13.7 Å². The van der Waals surface area contributed by atoms with Crippen LogP contribution in [0.1, 0.15) is 37.2 Å². The van der Waals surface area contributed by atoms with Gasteiger partial charge < -0.3 is 4.74 Å². The molecule has 0 heterocycles. The lowest BCUT2D eigenvalue weighted by atomic mass is 9.78. The van der Waals surface area contributed by atoms with E-state index in [0.29, 0.717) is 18.4 Å². The molecule has 0 amide bonds. The van der Waals surface area contributed by atoms with E-state index in [1.165, 1.54) is 43.4 Å². The highest BCUT2D eigenvalue weighted by molar-refractivity contribution is 5.63. The molecule has 0 radical (unpaired) electrons. The largest absolute Gasteiger partial charge is 0.381 e. The Bertz CT molecular complexity index is 649. The molecule has 24 heavy (non-hydrogen) atoms. The number of rotatable bonds is 5. The molecular formula is C22H25FO. The van der Waals surface area contributed by atoms with Gasteiger partial charge in [-0.2, -0.15) is 0 Å². The van der Waals surface area contributed by atoms with Crippen molar-refractivity contribution >= 4 is 0 Å². The summed E-state index contributed by atoms with van der Waals surface area (Å²) >= 11 is 0. The molecule has 0 aliphatic heterocycles. The van der Waals surface area contributed by atoms with Crippen molar-refractivity contribution in [2.75, 3.05) is 13.7 Å². The molecule has 1 saturated carbocycles. The second-order valence-electron chi connectivity index (χ2n) is 6.62. The minimum Gasteiger partial charge on any atom is -0.381 e. The Labute approximate surface area is 144 Å². The predicted molar refractivity (Wildman–Crippen MR) is 97.6 cm³/mol. The van der Waals surface area contributed by atoms with E-state index >= 15 is 0 Å². The third-order valence-electron chi connectivity index (χ3n) is 5.00. The van der Waals surface area contributed by atoms with E-state index in [2.05, 4.69) is 36.4 Å². The minimum absolute atomic E-state index is 0.188. The highest BCUT2D eigenvalue weighted by atomic mass is 19.1. The summed E-state index contributed by atoms with van der Waals surface area (Å²) in [6.45, 7) is 0.713. The van der Waals surface area contributed by atoms with Crippen molar-refractivity contribution in [1.82, 2.24) is 0 Å². The van der Waals surface area contributed by atoms with Gasteiger partial charge in [-0.25, -0.2) is 4.39 Å². The molecule has 1 aliphatic carbocycles. The summed E-state index contributed by atoms with van der Waals surface area (Å²) in [6.07, 6.45) is 9.46. The first-order valence-electron chi connectivity index (χ1n) is 8.78. The van der Waals surface area contributed by atoms with Gasteiger partial charge >= 0.3 is 0 Å². The van der Waals surface area contributed by atoms with Gasteiger partial charge in [0.1, 0.15) is 5.82 Å². The predicted octanol–water partition coefficient (Wildman–Crippen LogP) is 5.97. The van der Waals surface area contributed by atoms with E-state index < -0.39 is 0 Å². The van der Waals surface area contributed by atoms with E-state index in [1.807, 2.05) is 12.1 Å². The zero-order chi connectivity index (χ0) is 16.8. The van der Waals surface area contributed by atoms with E-state index in [9.17, 15) is 4.39 Å². The van der Waals surface area contributed by atoms with E-state index in [0.717, 1.165) is 11.1 Å². The molecule has 0 unspecified atom stereocenters. The van der Waals surface area contributed by atoms with Crippen LogP contribution in [0.5, 0.6) is 0 Å². The maximum absolute atomic E-state index is 13.0. The monoisotopic (exact) mass is 324 g/mol. The molecule has 2 aromatic carbocycles. The Balaban J connectivity index is 1.59. The Morgan fingerprint density at radius 2 is 1.50 bits per heavy atom. The second kappa shape index (κ2) is 8.25. The lowest BCUT2D eigenvalue weighted by molar-refractivity contribution is 0.233. The van der Waals surface area contributed by atoms with Crippen molar-refractivity contribution < 1.29 is 9.13 Å². The normalized spacial score (nSPS) is 21.2. The highest BCUT2D eigenvalue weighted by Gasteiger charge is 2.20. The van der Waals surface area contributed by atoms with Gasteiger partial charge in [0, 0.05) is 7.11 Å². The van der Waals surface area contributed by atoms with Gasteiger partial charge in [0.2, 0.25) is 0 Å². The molecule has 3 rings (SSSR count). The van der Waals surface area contributed by atoms with E-state index in [-0.39, 0.29) is 5.82 Å². The number of hydrogen-bond acceptors (Lipinski definition) is 1. The first-order chi connectivity index (χ1) is 11.8. The minimum atomic E-state index is -0.188. The van der Waals surface area contributed by atoms with Crippen LogP contribution >= 0.6 is 0 Å². The summed E-state index contributed by atoms with van der Waals surface area (Å²) < 4.78 is 18.1. The zero-order valence-corrected chi connectivity index (χ0v) is 14.2. The van der Waals surface area contributed by atoms with Gasteiger partial charge in [-0.3, -0.25) is 0 Å². The van der Waals surface area contributed by atoms with E-state index in [1.54, 1.807) is 7.11 Å². The fourth-order valence-corrected chi connectivity index (χ4v) is 3.58. The molecule has 0 aromatic heterocycles. The van der Waals surface area contributed by atoms with Crippen LogP contribution in [0.2, 0.25) is 0 Å². The van der Waals surface area contributed by atoms with Crippen molar-refractivity contribution in [2.45, 2.75) is 31.6 Å². The van der Waals surface area contributed by atoms with Crippen molar-refractivity contribution in [3.8, 4) is 11.1 Å². The molecule has 1 aliphatic rings. The number of benzene rings is 2. The van der Waals surface area contributed by atoms with Crippen LogP contribution in [0.15, 0.2) is 60.7 Å². The first kappa shape index (κ1) is 16.9. The number of ether oxygens (including phenoxy) is 1. The van der Waals surface area contributed by atoms with Gasteiger partial charge in [-0.05, 0) is 66.3 Å². The molecule has 2 heteroatoms. The van der Waals surface area contributed by atoms with Crippen LogP contribution < -0.4 is 0 Å². The lowest BCUT2D eigenvalue weighted by Crippen LogP contribution is -2.11. The number of methoxy groups -OCH3 is 1. The maximum Gasteiger partial charge on any atom is 0.123 e. The van der Waals surface area contributed by atoms with Crippen LogP contribution in [-0.2, 0) is 4.74 Å². The fraction of sp³-hybridized carbons (Fsp3) is 0.364. The smallest absolute Gasteiger partial charge is 0.123 e. The molecule has 0 spiro atoms. The lowest BCUT2D eigenvalue weighted by Gasteiger charge is -2.27. The van der Waals surface area contributed by atoms with Gasteiger partial charge in [0.15, 0.2) is 0 Å². The summed E-state index contributed by atoms with van der Waals surface area (Å²) in [5.74, 6) is 1.18. The fourth-order valence-electron chi connectivity index (χ4n) is 3.58. The molecule has 1 nitrogen and oxygen atoms in total. The second-order valence-corrected chi connectivity index (χ2v) is 6.62. The highest BCUT2D eigenvalue weighted by Crippen LogP contribution is 2.36. The summed E-state index contributed by atoms with van der Waals surface area (Å²) in [6, 6.07) is 15.5. The Morgan fingerprint density at radius 1 is 0.917 bits per heavy atom.